The van der Waals surface area contributed by atoms with Crippen LogP contribution in [0.4, 0.5) is 0 Å². The van der Waals surface area contributed by atoms with E-state index in [4.69, 9.17) is 9.52 Å². The summed E-state index contributed by atoms with van der Waals surface area (Å²) < 4.78 is 5.67. The van der Waals surface area contributed by atoms with Crippen LogP contribution in [0.5, 0.6) is 0 Å². The number of amides is 1. The van der Waals surface area contributed by atoms with E-state index in [9.17, 15) is 14.9 Å². The fourth-order valence-corrected chi connectivity index (χ4v) is 2.99. The van der Waals surface area contributed by atoms with E-state index in [1.54, 1.807) is 24.3 Å². The molecule has 26 heavy (non-hydrogen) atoms. The normalized spacial score (nSPS) is 14.8. The van der Waals surface area contributed by atoms with Gasteiger partial charge in [-0.05, 0) is 37.1 Å². The Morgan fingerprint density at radius 1 is 1.15 bits per heavy atom. The number of nitrogens with zero attached hydrogens (tertiary/aromatic N) is 1. The second-order valence-corrected chi connectivity index (χ2v) is 6.21. The lowest BCUT2D eigenvalue weighted by Gasteiger charge is -2.10. The number of benzene rings is 1. The molecule has 0 saturated heterocycles. The second-order valence-electron chi connectivity index (χ2n) is 6.21. The van der Waals surface area contributed by atoms with Gasteiger partial charge in [0.25, 0.3) is 5.91 Å². The molecule has 1 amide bonds. The lowest BCUT2D eigenvalue weighted by atomic mass is 10.1. The highest BCUT2D eigenvalue weighted by atomic mass is 16.4. The topological polar surface area (TPSA) is 103 Å². The minimum absolute atomic E-state index is 0.000903. The van der Waals surface area contributed by atoms with Gasteiger partial charge in [-0.1, -0.05) is 25.0 Å². The van der Waals surface area contributed by atoms with Crippen molar-refractivity contribution >= 4 is 18.0 Å². The summed E-state index contributed by atoms with van der Waals surface area (Å²) in [6.45, 7) is 0. The molecule has 6 nitrogen and oxygen atoms in total. The van der Waals surface area contributed by atoms with Crippen molar-refractivity contribution < 1.29 is 19.1 Å². The van der Waals surface area contributed by atoms with Crippen molar-refractivity contribution in [3.63, 3.8) is 0 Å². The first-order valence-corrected chi connectivity index (χ1v) is 8.43. The maximum absolute atomic E-state index is 12.2. The Balaban J connectivity index is 1.75. The number of nitriles is 1. The van der Waals surface area contributed by atoms with Gasteiger partial charge in [-0.3, -0.25) is 4.79 Å². The number of carboxylic acids is 1. The first-order chi connectivity index (χ1) is 12.6. The summed E-state index contributed by atoms with van der Waals surface area (Å²) in [4.78, 5) is 23.1. The minimum Gasteiger partial charge on any atom is -0.478 e. The Kier molecular flexibility index (Phi) is 5.18. The molecule has 0 unspecified atom stereocenters. The first kappa shape index (κ1) is 17.5. The van der Waals surface area contributed by atoms with Gasteiger partial charge in [0.15, 0.2) is 0 Å². The van der Waals surface area contributed by atoms with Crippen LogP contribution in [0, 0.1) is 11.3 Å². The van der Waals surface area contributed by atoms with Crippen LogP contribution >= 0.6 is 0 Å². The molecule has 1 fully saturated rings. The molecule has 2 N–H and O–H groups in total. The van der Waals surface area contributed by atoms with Gasteiger partial charge in [0.2, 0.25) is 0 Å². The number of hydrogen-bond acceptors (Lipinski definition) is 4. The standard InChI is InChI=1S/C20H18N2O4/c21-12-15(19(23)22-16-3-1-2-4-16)11-17-9-10-18(26-17)13-5-7-14(8-6-13)20(24)25/h5-11,16H,1-4H2,(H,22,23)(H,24,25)/b15-11-. The Hall–Kier alpha value is -3.33. The Morgan fingerprint density at radius 3 is 2.46 bits per heavy atom. The van der Waals surface area contributed by atoms with E-state index in [1.807, 2.05) is 6.07 Å². The molecule has 2 aromatic rings. The largest absolute Gasteiger partial charge is 0.478 e. The van der Waals surface area contributed by atoms with Gasteiger partial charge in [-0.15, -0.1) is 0 Å². The van der Waals surface area contributed by atoms with Crippen LogP contribution in [0.3, 0.4) is 0 Å². The molecule has 132 valence electrons. The quantitative estimate of drug-likeness (QED) is 0.633. The Labute approximate surface area is 150 Å². The van der Waals surface area contributed by atoms with Crippen LogP contribution in [0.25, 0.3) is 17.4 Å². The monoisotopic (exact) mass is 350 g/mol. The molecule has 1 aromatic carbocycles. The first-order valence-electron chi connectivity index (χ1n) is 8.43. The molecule has 1 saturated carbocycles. The van der Waals surface area contributed by atoms with Gasteiger partial charge in [0.05, 0.1) is 5.56 Å². The molecule has 1 aliphatic carbocycles. The lowest BCUT2D eigenvalue weighted by molar-refractivity contribution is -0.117. The fraction of sp³-hybridized carbons (Fsp3) is 0.250. The van der Waals surface area contributed by atoms with Crippen molar-refractivity contribution in [3.8, 4) is 17.4 Å². The van der Waals surface area contributed by atoms with E-state index < -0.39 is 5.97 Å². The van der Waals surface area contributed by atoms with Crippen molar-refractivity contribution in [2.75, 3.05) is 0 Å². The van der Waals surface area contributed by atoms with Gasteiger partial charge < -0.3 is 14.8 Å². The minimum atomic E-state index is -0.994. The van der Waals surface area contributed by atoms with Gasteiger partial charge in [-0.2, -0.15) is 5.26 Å². The van der Waals surface area contributed by atoms with Crippen LogP contribution in [0.2, 0.25) is 0 Å². The number of carbonyl (C=O) groups excluding carboxylic acids is 1. The predicted molar refractivity (Wildman–Crippen MR) is 95.1 cm³/mol. The molecule has 0 aliphatic heterocycles. The summed E-state index contributed by atoms with van der Waals surface area (Å²) in [6, 6.07) is 11.7. The maximum Gasteiger partial charge on any atom is 0.335 e. The van der Waals surface area contributed by atoms with Crippen molar-refractivity contribution in [2.45, 2.75) is 31.7 Å². The average Bonchev–Trinajstić information content (AvgIpc) is 3.31. The van der Waals surface area contributed by atoms with E-state index in [2.05, 4.69) is 5.32 Å². The summed E-state index contributed by atoms with van der Waals surface area (Å²) in [5, 5.41) is 21.1. The van der Waals surface area contributed by atoms with E-state index in [1.165, 1.54) is 18.2 Å². The summed E-state index contributed by atoms with van der Waals surface area (Å²) in [5.74, 6) is -0.461. The molecular weight excluding hydrogens is 332 g/mol. The molecule has 0 spiro atoms. The molecule has 0 bridgehead atoms. The lowest BCUT2D eigenvalue weighted by Crippen LogP contribution is -2.33. The van der Waals surface area contributed by atoms with Gasteiger partial charge in [-0.25, -0.2) is 4.79 Å². The predicted octanol–water partition coefficient (Wildman–Crippen LogP) is 3.61. The third-order valence-corrected chi connectivity index (χ3v) is 4.39. The number of hydrogen-bond donors (Lipinski definition) is 2. The zero-order valence-corrected chi connectivity index (χ0v) is 14.1. The van der Waals surface area contributed by atoms with E-state index in [0.717, 1.165) is 25.7 Å². The van der Waals surface area contributed by atoms with Gasteiger partial charge in [0.1, 0.15) is 23.2 Å². The third-order valence-electron chi connectivity index (χ3n) is 4.39. The van der Waals surface area contributed by atoms with Gasteiger partial charge in [0, 0.05) is 17.7 Å². The van der Waals surface area contributed by atoms with Gasteiger partial charge >= 0.3 is 5.97 Å². The number of furan rings is 1. The zero-order chi connectivity index (χ0) is 18.5. The second kappa shape index (κ2) is 7.70. The highest BCUT2D eigenvalue weighted by Crippen LogP contribution is 2.24. The Morgan fingerprint density at radius 2 is 1.85 bits per heavy atom. The highest BCUT2D eigenvalue weighted by Gasteiger charge is 2.19. The van der Waals surface area contributed by atoms with Crippen LogP contribution in [0.1, 0.15) is 41.8 Å². The van der Waals surface area contributed by atoms with Crippen LogP contribution < -0.4 is 5.32 Å². The van der Waals surface area contributed by atoms with Crippen LogP contribution in [0.15, 0.2) is 46.4 Å². The van der Waals surface area contributed by atoms with E-state index >= 15 is 0 Å². The van der Waals surface area contributed by atoms with Crippen molar-refractivity contribution in [1.82, 2.24) is 5.32 Å². The average molecular weight is 350 g/mol. The highest BCUT2D eigenvalue weighted by molar-refractivity contribution is 6.01. The summed E-state index contributed by atoms with van der Waals surface area (Å²) in [6.07, 6.45) is 5.50. The number of rotatable bonds is 5. The molecule has 0 radical (unpaired) electrons. The summed E-state index contributed by atoms with van der Waals surface area (Å²) in [7, 11) is 0. The number of carboxylic acid groups (broad SMARTS) is 1. The van der Waals surface area contributed by atoms with Crippen molar-refractivity contribution in [1.29, 1.82) is 5.26 Å². The maximum atomic E-state index is 12.2. The zero-order valence-electron chi connectivity index (χ0n) is 14.1. The van der Waals surface area contributed by atoms with Crippen molar-refractivity contribution in [3.05, 3.63) is 53.3 Å². The van der Waals surface area contributed by atoms with E-state index in [-0.39, 0.29) is 23.1 Å². The SMILES string of the molecule is N#C/C(=C/c1ccc(-c2ccc(C(=O)O)cc2)o1)C(=O)NC1CCCC1. The van der Waals surface area contributed by atoms with Crippen LogP contribution in [-0.2, 0) is 4.79 Å². The molecule has 1 aromatic heterocycles. The fourth-order valence-electron chi connectivity index (χ4n) is 2.99. The molecule has 6 heteroatoms. The molecular formula is C20H18N2O4. The smallest absolute Gasteiger partial charge is 0.335 e. The Bertz CT molecular complexity index is 881. The number of nitrogens with one attached hydrogen (secondary N) is 1. The molecule has 3 rings (SSSR count). The number of aromatic carboxylic acids is 1. The molecule has 1 heterocycles. The van der Waals surface area contributed by atoms with Crippen molar-refractivity contribution in [2.24, 2.45) is 0 Å². The summed E-state index contributed by atoms with van der Waals surface area (Å²) >= 11 is 0. The molecule has 1 aliphatic rings. The summed E-state index contributed by atoms with van der Waals surface area (Å²) in [5.41, 5.74) is 0.901. The third kappa shape index (κ3) is 4.01. The number of carbonyl (C=O) groups is 2. The van der Waals surface area contributed by atoms with Crippen LogP contribution in [-0.4, -0.2) is 23.0 Å². The van der Waals surface area contributed by atoms with E-state index in [0.29, 0.717) is 17.1 Å². The molecule has 0 atom stereocenters.